The van der Waals surface area contributed by atoms with Crippen LogP contribution in [0.1, 0.15) is 25.3 Å². The Morgan fingerprint density at radius 3 is 2.35 bits per heavy atom. The molecule has 1 aliphatic rings. The average molecular weight is 323 g/mol. The third kappa shape index (κ3) is 3.95. The Labute approximate surface area is 137 Å². The first-order valence-corrected chi connectivity index (χ1v) is 7.76. The van der Waals surface area contributed by atoms with E-state index in [-0.39, 0.29) is 0 Å². The van der Waals surface area contributed by atoms with Crippen LogP contribution < -0.4 is 14.2 Å². The van der Waals surface area contributed by atoms with Crippen LogP contribution in [0.5, 0.6) is 17.2 Å². The van der Waals surface area contributed by atoms with Gasteiger partial charge >= 0.3 is 0 Å². The Bertz CT molecular complexity index is 538. The summed E-state index contributed by atoms with van der Waals surface area (Å²) in [5.41, 5.74) is 0.837. The Morgan fingerprint density at radius 2 is 1.78 bits per heavy atom. The number of hydrogen-bond donors (Lipinski definition) is 0. The lowest BCUT2D eigenvalue weighted by molar-refractivity contribution is -0.161. The van der Waals surface area contributed by atoms with E-state index < -0.39 is 5.79 Å². The van der Waals surface area contributed by atoms with Crippen LogP contribution in [-0.2, 0) is 9.47 Å². The number of benzene rings is 1. The molecular formula is C17H25NO5. The van der Waals surface area contributed by atoms with Crippen LogP contribution >= 0.6 is 0 Å². The lowest BCUT2D eigenvalue weighted by atomic mass is 10.1. The van der Waals surface area contributed by atoms with Crippen molar-refractivity contribution in [1.82, 2.24) is 0 Å². The van der Waals surface area contributed by atoms with Crippen molar-refractivity contribution in [3.05, 3.63) is 17.7 Å². The molecule has 1 fully saturated rings. The summed E-state index contributed by atoms with van der Waals surface area (Å²) in [7, 11) is 4.78. The topological polar surface area (TPSA) is 58.5 Å². The van der Waals surface area contributed by atoms with E-state index in [1.807, 2.05) is 12.1 Å². The van der Waals surface area contributed by atoms with Gasteiger partial charge in [-0.2, -0.15) is 0 Å². The SMILES string of the molecule is CCC1(CCN=Cc2ccc(OC)c(OC)c2OC)OCCO1. The van der Waals surface area contributed by atoms with Crippen LogP contribution in [0.3, 0.4) is 0 Å². The summed E-state index contributed by atoms with van der Waals surface area (Å²) in [6, 6.07) is 3.72. The van der Waals surface area contributed by atoms with Crippen molar-refractivity contribution in [3.8, 4) is 17.2 Å². The number of nitrogens with zero attached hydrogens (tertiary/aromatic N) is 1. The summed E-state index contributed by atoms with van der Waals surface area (Å²) in [6.07, 6.45) is 3.33. The Balaban J connectivity index is 2.07. The number of ether oxygens (including phenoxy) is 5. The standard InChI is InChI=1S/C17H25NO5/c1-5-17(22-10-11-23-17)8-9-18-12-13-6-7-14(19-2)16(21-4)15(13)20-3/h6-7,12H,5,8-11H2,1-4H3. The molecule has 1 aromatic rings. The van der Waals surface area contributed by atoms with Crippen LogP contribution in [0.4, 0.5) is 0 Å². The normalized spacial score (nSPS) is 16.7. The molecule has 0 saturated carbocycles. The molecular weight excluding hydrogens is 298 g/mol. The van der Waals surface area contributed by atoms with Gasteiger partial charge in [-0.25, -0.2) is 0 Å². The van der Waals surface area contributed by atoms with Crippen LogP contribution in [0.2, 0.25) is 0 Å². The third-order valence-corrected chi connectivity index (χ3v) is 3.94. The van der Waals surface area contributed by atoms with Gasteiger partial charge in [0.1, 0.15) is 0 Å². The van der Waals surface area contributed by atoms with E-state index in [2.05, 4.69) is 11.9 Å². The first kappa shape index (κ1) is 17.6. The molecule has 0 N–H and O–H groups in total. The van der Waals surface area contributed by atoms with Gasteiger partial charge in [-0.05, 0) is 18.6 Å². The maximum Gasteiger partial charge on any atom is 0.203 e. The van der Waals surface area contributed by atoms with Crippen LogP contribution in [-0.4, -0.2) is 53.1 Å². The van der Waals surface area contributed by atoms with E-state index >= 15 is 0 Å². The summed E-state index contributed by atoms with van der Waals surface area (Å²) < 4.78 is 27.5. The molecule has 0 bridgehead atoms. The Morgan fingerprint density at radius 1 is 1.09 bits per heavy atom. The summed E-state index contributed by atoms with van der Waals surface area (Å²) in [5.74, 6) is 1.32. The number of rotatable bonds is 8. The highest BCUT2D eigenvalue weighted by Crippen LogP contribution is 2.39. The molecule has 0 radical (unpaired) electrons. The Hall–Kier alpha value is -1.79. The molecule has 0 atom stereocenters. The highest BCUT2D eigenvalue weighted by atomic mass is 16.7. The monoisotopic (exact) mass is 323 g/mol. The van der Waals surface area contributed by atoms with Gasteiger partial charge in [-0.3, -0.25) is 4.99 Å². The van der Waals surface area contributed by atoms with Gasteiger partial charge < -0.3 is 23.7 Å². The smallest absolute Gasteiger partial charge is 0.203 e. The van der Waals surface area contributed by atoms with E-state index in [9.17, 15) is 0 Å². The molecule has 2 rings (SSSR count). The molecule has 0 amide bonds. The minimum atomic E-state index is -0.473. The molecule has 1 heterocycles. The van der Waals surface area contributed by atoms with Crippen molar-refractivity contribution in [2.45, 2.75) is 25.6 Å². The van der Waals surface area contributed by atoms with Gasteiger partial charge in [-0.1, -0.05) is 6.92 Å². The van der Waals surface area contributed by atoms with E-state index in [1.165, 1.54) is 0 Å². The lowest BCUT2D eigenvalue weighted by Gasteiger charge is -2.24. The van der Waals surface area contributed by atoms with Gasteiger partial charge in [0.2, 0.25) is 5.75 Å². The largest absolute Gasteiger partial charge is 0.493 e. The van der Waals surface area contributed by atoms with Crippen molar-refractivity contribution in [2.24, 2.45) is 4.99 Å². The van der Waals surface area contributed by atoms with E-state index in [1.54, 1.807) is 27.5 Å². The molecule has 6 heteroatoms. The molecule has 0 unspecified atom stereocenters. The fourth-order valence-corrected chi connectivity index (χ4v) is 2.65. The van der Waals surface area contributed by atoms with Gasteiger partial charge in [0.25, 0.3) is 0 Å². The van der Waals surface area contributed by atoms with E-state index in [0.29, 0.717) is 37.0 Å². The number of aliphatic imine (C=N–C) groups is 1. The predicted octanol–water partition coefficient (Wildman–Crippen LogP) is 2.67. The highest BCUT2D eigenvalue weighted by molar-refractivity contribution is 5.86. The molecule has 23 heavy (non-hydrogen) atoms. The van der Waals surface area contributed by atoms with Gasteiger partial charge in [0.05, 0.1) is 34.5 Å². The molecule has 0 spiro atoms. The zero-order valence-corrected chi connectivity index (χ0v) is 14.3. The van der Waals surface area contributed by atoms with Crippen molar-refractivity contribution >= 4 is 6.21 Å². The van der Waals surface area contributed by atoms with Crippen molar-refractivity contribution in [2.75, 3.05) is 41.1 Å². The molecule has 1 aliphatic heterocycles. The zero-order chi connectivity index (χ0) is 16.7. The minimum absolute atomic E-state index is 0.473. The van der Waals surface area contributed by atoms with Crippen molar-refractivity contribution < 1.29 is 23.7 Å². The van der Waals surface area contributed by atoms with E-state index in [0.717, 1.165) is 18.4 Å². The lowest BCUT2D eigenvalue weighted by Crippen LogP contribution is -2.29. The molecule has 1 aromatic carbocycles. The van der Waals surface area contributed by atoms with Gasteiger partial charge in [0, 0.05) is 24.7 Å². The van der Waals surface area contributed by atoms with E-state index in [4.69, 9.17) is 23.7 Å². The molecule has 1 saturated heterocycles. The maximum absolute atomic E-state index is 5.70. The third-order valence-electron chi connectivity index (χ3n) is 3.94. The Kier molecular flexibility index (Phi) is 6.24. The summed E-state index contributed by atoms with van der Waals surface area (Å²) in [5, 5.41) is 0. The van der Waals surface area contributed by atoms with Crippen molar-refractivity contribution in [1.29, 1.82) is 0 Å². The number of hydrogen-bond acceptors (Lipinski definition) is 6. The average Bonchev–Trinajstić information content (AvgIpc) is 3.07. The summed E-state index contributed by atoms with van der Waals surface area (Å²) in [4.78, 5) is 4.48. The molecule has 0 aliphatic carbocycles. The summed E-state index contributed by atoms with van der Waals surface area (Å²) >= 11 is 0. The summed E-state index contributed by atoms with van der Waals surface area (Å²) in [6.45, 7) is 3.99. The second-order valence-corrected chi connectivity index (χ2v) is 5.17. The first-order valence-electron chi connectivity index (χ1n) is 7.76. The maximum atomic E-state index is 5.70. The second-order valence-electron chi connectivity index (χ2n) is 5.17. The molecule has 0 aromatic heterocycles. The minimum Gasteiger partial charge on any atom is -0.493 e. The predicted molar refractivity (Wildman–Crippen MR) is 88.1 cm³/mol. The first-order chi connectivity index (χ1) is 11.2. The fourth-order valence-electron chi connectivity index (χ4n) is 2.65. The highest BCUT2D eigenvalue weighted by Gasteiger charge is 2.33. The van der Waals surface area contributed by atoms with Crippen LogP contribution in [0.25, 0.3) is 0 Å². The quantitative estimate of drug-likeness (QED) is 0.688. The van der Waals surface area contributed by atoms with Gasteiger partial charge in [0.15, 0.2) is 17.3 Å². The van der Waals surface area contributed by atoms with Crippen LogP contribution in [0, 0.1) is 0 Å². The molecule has 128 valence electrons. The molecule has 6 nitrogen and oxygen atoms in total. The van der Waals surface area contributed by atoms with Gasteiger partial charge in [-0.15, -0.1) is 0 Å². The second kappa shape index (κ2) is 8.17. The van der Waals surface area contributed by atoms with Crippen molar-refractivity contribution in [3.63, 3.8) is 0 Å². The zero-order valence-electron chi connectivity index (χ0n) is 14.3. The van der Waals surface area contributed by atoms with Crippen LogP contribution in [0.15, 0.2) is 17.1 Å². The fraction of sp³-hybridized carbons (Fsp3) is 0.588. The number of methoxy groups -OCH3 is 3.